The third-order valence-corrected chi connectivity index (χ3v) is 5.58. The van der Waals surface area contributed by atoms with Crippen molar-refractivity contribution in [1.82, 2.24) is 10.0 Å². The lowest BCUT2D eigenvalue weighted by Gasteiger charge is -2.12. The van der Waals surface area contributed by atoms with Crippen LogP contribution in [0.3, 0.4) is 0 Å². The zero-order valence-electron chi connectivity index (χ0n) is 16.2. The molecule has 2 aromatic rings. The van der Waals surface area contributed by atoms with E-state index in [0.717, 1.165) is 24.3 Å². The summed E-state index contributed by atoms with van der Waals surface area (Å²) in [4.78, 5) is 44.3. The number of benzene rings is 2. The Morgan fingerprint density at radius 3 is 2.25 bits per heavy atom. The van der Waals surface area contributed by atoms with E-state index in [4.69, 9.17) is 10.2 Å². The van der Waals surface area contributed by atoms with Gasteiger partial charge in [0.1, 0.15) is 23.3 Å². The van der Waals surface area contributed by atoms with E-state index >= 15 is 0 Å². The second-order valence-corrected chi connectivity index (χ2v) is 8.23. The fourth-order valence-electron chi connectivity index (χ4n) is 2.54. The number of aldehydes is 1. The number of carbonyl (C=O) groups excluding carboxylic acids is 2. The number of amides is 1. The number of carboxylic acid groups (broad SMARTS) is 2. The Balaban J connectivity index is 2.13. The summed E-state index contributed by atoms with van der Waals surface area (Å²) >= 11 is 0. The van der Waals surface area contributed by atoms with Crippen LogP contribution in [0.15, 0.2) is 41.3 Å². The van der Waals surface area contributed by atoms with E-state index in [9.17, 15) is 37.8 Å². The number of rotatable bonds is 10. The molecule has 0 aliphatic carbocycles. The van der Waals surface area contributed by atoms with Crippen molar-refractivity contribution in [1.29, 1.82) is 0 Å². The monoisotopic (exact) mass is 466 g/mol. The number of hydrogen-bond acceptors (Lipinski definition) is 8. The molecule has 0 aliphatic rings. The van der Waals surface area contributed by atoms with Crippen LogP contribution in [0.2, 0.25) is 0 Å². The molecule has 6 N–H and O–H groups in total. The average Bonchev–Trinajstić information content (AvgIpc) is 2.71. The molecule has 0 spiro atoms. The van der Waals surface area contributed by atoms with Gasteiger partial charge in [0.2, 0.25) is 10.0 Å². The highest BCUT2D eigenvalue weighted by Crippen LogP contribution is 2.23. The molecule has 13 heteroatoms. The fraction of sp³-hybridized carbons (Fsp3) is 0.158. The highest BCUT2D eigenvalue weighted by molar-refractivity contribution is 7.89. The van der Waals surface area contributed by atoms with Crippen LogP contribution in [-0.4, -0.2) is 59.0 Å². The number of phenols is 2. The first-order chi connectivity index (χ1) is 14.9. The zero-order valence-corrected chi connectivity index (χ0v) is 17.0. The Morgan fingerprint density at radius 1 is 1.00 bits per heavy atom. The molecule has 170 valence electrons. The van der Waals surface area contributed by atoms with Gasteiger partial charge in [0.05, 0.1) is 17.4 Å². The molecular weight excluding hydrogens is 448 g/mol. The smallest absolute Gasteiger partial charge is 0.339 e. The largest absolute Gasteiger partial charge is 0.508 e. The minimum Gasteiger partial charge on any atom is -0.508 e. The molecule has 1 amide bonds. The lowest BCUT2D eigenvalue weighted by atomic mass is 10.1. The van der Waals surface area contributed by atoms with E-state index in [1.165, 1.54) is 12.1 Å². The first kappa shape index (κ1) is 24.3. The predicted octanol–water partition coefficient (Wildman–Crippen LogP) is 0.0465. The Hall–Kier alpha value is -3.97. The molecule has 1 unspecified atom stereocenters. The number of aromatic carboxylic acids is 1. The average molecular weight is 466 g/mol. The highest BCUT2D eigenvalue weighted by Gasteiger charge is 2.20. The number of phenolic OH excluding ortho intramolecular Hbond substituents is 1. The molecule has 1 atom stereocenters. The van der Waals surface area contributed by atoms with Gasteiger partial charge in [-0.1, -0.05) is 6.07 Å². The first-order valence-corrected chi connectivity index (χ1v) is 10.3. The van der Waals surface area contributed by atoms with Crippen molar-refractivity contribution in [3.8, 4) is 11.5 Å². The lowest BCUT2D eigenvalue weighted by Crippen LogP contribution is -2.37. The van der Waals surface area contributed by atoms with Crippen LogP contribution in [0.1, 0.15) is 32.7 Å². The van der Waals surface area contributed by atoms with Gasteiger partial charge in [-0.25, -0.2) is 17.9 Å². The van der Waals surface area contributed by atoms with Crippen LogP contribution >= 0.6 is 0 Å². The van der Waals surface area contributed by atoms with Gasteiger partial charge in [-0.3, -0.25) is 9.59 Å². The molecule has 0 saturated heterocycles. The van der Waals surface area contributed by atoms with Crippen molar-refractivity contribution in [2.45, 2.75) is 23.9 Å². The number of nitrogens with one attached hydrogen (secondary N) is 2. The molecule has 0 saturated carbocycles. The molecule has 12 nitrogen and oxygen atoms in total. The molecular formula is C19H18N2O10S. The summed E-state index contributed by atoms with van der Waals surface area (Å²) in [7, 11) is -4.21. The van der Waals surface area contributed by atoms with Crippen LogP contribution in [-0.2, 0) is 26.2 Å². The third kappa shape index (κ3) is 6.02. The van der Waals surface area contributed by atoms with Crippen molar-refractivity contribution in [2.75, 3.05) is 0 Å². The summed E-state index contributed by atoms with van der Waals surface area (Å²) < 4.78 is 27.0. The number of hydrogen-bond donors (Lipinski definition) is 6. The Labute approximate surface area is 181 Å². The maximum Gasteiger partial charge on any atom is 0.339 e. The van der Waals surface area contributed by atoms with Crippen LogP contribution in [0.5, 0.6) is 11.5 Å². The normalized spacial score (nSPS) is 12.0. The quantitative estimate of drug-likeness (QED) is 0.259. The number of aliphatic carboxylic acids is 1. The van der Waals surface area contributed by atoms with E-state index in [1.54, 1.807) is 0 Å². The van der Waals surface area contributed by atoms with Crippen LogP contribution < -0.4 is 10.0 Å². The first-order valence-electron chi connectivity index (χ1n) is 8.80. The molecule has 0 bridgehead atoms. The van der Waals surface area contributed by atoms with Gasteiger partial charge in [0, 0.05) is 17.7 Å². The SMILES string of the molecule is O=CC(CC(=O)O)NC(=O)c1ccc(CNS(=O)(=O)c2ccc(O)c(C(=O)O)c2)c(O)c1. The topological polar surface area (TPSA) is 207 Å². The molecule has 32 heavy (non-hydrogen) atoms. The van der Waals surface area contributed by atoms with Crippen molar-refractivity contribution in [3.63, 3.8) is 0 Å². The van der Waals surface area contributed by atoms with Crippen molar-refractivity contribution in [3.05, 3.63) is 53.1 Å². The molecule has 2 aromatic carbocycles. The number of aromatic hydroxyl groups is 2. The van der Waals surface area contributed by atoms with Gasteiger partial charge in [-0.2, -0.15) is 0 Å². The summed E-state index contributed by atoms with van der Waals surface area (Å²) in [5.74, 6) is -4.71. The second kappa shape index (κ2) is 9.89. The van der Waals surface area contributed by atoms with Crippen molar-refractivity contribution >= 4 is 34.2 Å². The number of carbonyl (C=O) groups is 4. The third-order valence-electron chi connectivity index (χ3n) is 4.18. The van der Waals surface area contributed by atoms with E-state index < -0.39 is 68.8 Å². The maximum atomic E-state index is 12.4. The summed E-state index contributed by atoms with van der Waals surface area (Å²) in [5.41, 5.74) is -0.640. The molecule has 0 fully saturated rings. The summed E-state index contributed by atoms with van der Waals surface area (Å²) in [6, 6.07) is 4.88. The maximum absolute atomic E-state index is 12.4. The minimum atomic E-state index is -4.21. The lowest BCUT2D eigenvalue weighted by molar-refractivity contribution is -0.138. The standard InChI is InChI=1S/C19H18N2O10S/c22-9-12(6-17(25)26)21-18(27)10-1-2-11(16(24)5-10)8-20-32(30,31)13-3-4-15(23)14(7-13)19(28)29/h1-5,7,9,12,20,23-24H,6,8H2,(H,21,27)(H,25,26)(H,28,29). The van der Waals surface area contributed by atoms with E-state index in [1.807, 2.05) is 0 Å². The van der Waals surface area contributed by atoms with Crippen LogP contribution in [0.4, 0.5) is 0 Å². The van der Waals surface area contributed by atoms with Crippen LogP contribution in [0.25, 0.3) is 0 Å². The van der Waals surface area contributed by atoms with Gasteiger partial charge < -0.3 is 30.5 Å². The van der Waals surface area contributed by atoms with Crippen molar-refractivity contribution in [2.24, 2.45) is 0 Å². The molecule has 2 rings (SSSR count). The Morgan fingerprint density at radius 2 is 1.69 bits per heavy atom. The molecule has 0 radical (unpaired) electrons. The van der Waals surface area contributed by atoms with Gasteiger partial charge in [0.15, 0.2) is 0 Å². The number of sulfonamides is 1. The van der Waals surface area contributed by atoms with Gasteiger partial charge >= 0.3 is 11.9 Å². The van der Waals surface area contributed by atoms with Crippen molar-refractivity contribution < 1.29 is 48.0 Å². The van der Waals surface area contributed by atoms with Gasteiger partial charge in [0.25, 0.3) is 5.91 Å². The minimum absolute atomic E-state index is 0.0693. The van der Waals surface area contributed by atoms with E-state index in [-0.39, 0.29) is 17.4 Å². The molecule has 0 aromatic heterocycles. The Kier molecular flexibility index (Phi) is 7.51. The molecule has 0 aliphatic heterocycles. The van der Waals surface area contributed by atoms with E-state index in [0.29, 0.717) is 0 Å². The van der Waals surface area contributed by atoms with E-state index in [2.05, 4.69) is 10.0 Å². The zero-order chi connectivity index (χ0) is 24.1. The Bertz CT molecular complexity index is 1180. The fourth-order valence-corrected chi connectivity index (χ4v) is 3.57. The van der Waals surface area contributed by atoms with Crippen LogP contribution in [0, 0.1) is 0 Å². The highest BCUT2D eigenvalue weighted by atomic mass is 32.2. The summed E-state index contributed by atoms with van der Waals surface area (Å²) in [6.07, 6.45) is -0.365. The predicted molar refractivity (Wildman–Crippen MR) is 107 cm³/mol. The van der Waals surface area contributed by atoms with Gasteiger partial charge in [-0.05, 0) is 30.3 Å². The number of carboxylic acids is 2. The second-order valence-electron chi connectivity index (χ2n) is 6.47. The summed E-state index contributed by atoms with van der Waals surface area (Å²) in [5, 5.41) is 39.5. The van der Waals surface area contributed by atoms with Gasteiger partial charge in [-0.15, -0.1) is 0 Å². The molecule has 0 heterocycles. The summed E-state index contributed by atoms with van der Waals surface area (Å²) in [6.45, 7) is -0.421.